The molecule has 4 nitrogen and oxygen atoms in total. The van der Waals surface area contributed by atoms with Crippen molar-refractivity contribution in [3.05, 3.63) is 54.6 Å². The van der Waals surface area contributed by atoms with E-state index in [2.05, 4.69) is 16.5 Å². The smallest absolute Gasteiger partial charge is 0.237 e. The summed E-state index contributed by atoms with van der Waals surface area (Å²) in [7, 11) is 0. The summed E-state index contributed by atoms with van der Waals surface area (Å²) in [5.41, 5.74) is 3.47. The highest BCUT2D eigenvalue weighted by Crippen LogP contribution is 2.43. The van der Waals surface area contributed by atoms with Gasteiger partial charge in [-0.3, -0.25) is 4.79 Å². The molecule has 22 heavy (non-hydrogen) atoms. The van der Waals surface area contributed by atoms with Crippen molar-refractivity contribution in [2.75, 3.05) is 11.4 Å². The Kier molecular flexibility index (Phi) is 3.32. The van der Waals surface area contributed by atoms with Crippen molar-refractivity contribution in [1.29, 1.82) is 0 Å². The van der Waals surface area contributed by atoms with E-state index in [4.69, 9.17) is 0 Å². The van der Waals surface area contributed by atoms with Crippen LogP contribution in [0.1, 0.15) is 25.2 Å². The van der Waals surface area contributed by atoms with Crippen molar-refractivity contribution < 1.29 is 4.79 Å². The Morgan fingerprint density at radius 3 is 2.55 bits per heavy atom. The third-order valence-electron chi connectivity index (χ3n) is 4.17. The monoisotopic (exact) mass is 293 g/mol. The van der Waals surface area contributed by atoms with Gasteiger partial charge in [-0.15, -0.1) is 6.58 Å². The van der Waals surface area contributed by atoms with E-state index >= 15 is 0 Å². The van der Waals surface area contributed by atoms with E-state index in [0.29, 0.717) is 6.54 Å². The standard InChI is InChI=1S/C18H19N3O/c1-5-8-21-16-9-13(14-10-19-12(2)20-11-14)6-7-15(16)18(3,4)17(21)22/h5-7,9-11H,1,8H2,2-4H3. The Morgan fingerprint density at radius 1 is 1.23 bits per heavy atom. The van der Waals surface area contributed by atoms with Crippen LogP contribution in [0.3, 0.4) is 0 Å². The Balaban J connectivity index is 2.11. The molecule has 1 aromatic heterocycles. The van der Waals surface area contributed by atoms with Crippen molar-refractivity contribution in [2.24, 2.45) is 0 Å². The van der Waals surface area contributed by atoms with Crippen molar-refractivity contribution in [1.82, 2.24) is 9.97 Å². The largest absolute Gasteiger partial charge is 0.308 e. The average molecular weight is 293 g/mol. The second kappa shape index (κ2) is 5.05. The molecule has 0 radical (unpaired) electrons. The average Bonchev–Trinajstić information content (AvgIpc) is 2.69. The van der Waals surface area contributed by atoms with Gasteiger partial charge in [0.05, 0.1) is 5.41 Å². The number of hydrogen-bond acceptors (Lipinski definition) is 3. The van der Waals surface area contributed by atoms with Crippen LogP contribution in [0.4, 0.5) is 5.69 Å². The fourth-order valence-corrected chi connectivity index (χ4v) is 2.88. The maximum atomic E-state index is 12.6. The minimum absolute atomic E-state index is 0.111. The zero-order valence-electron chi connectivity index (χ0n) is 13.1. The molecular weight excluding hydrogens is 274 g/mol. The van der Waals surface area contributed by atoms with Crippen molar-refractivity contribution >= 4 is 11.6 Å². The maximum absolute atomic E-state index is 12.6. The second-order valence-corrected chi connectivity index (χ2v) is 6.08. The van der Waals surface area contributed by atoms with Gasteiger partial charge in [-0.25, -0.2) is 9.97 Å². The lowest BCUT2D eigenvalue weighted by Gasteiger charge is -2.18. The number of benzene rings is 1. The molecule has 1 aromatic carbocycles. The minimum Gasteiger partial charge on any atom is -0.308 e. The highest BCUT2D eigenvalue weighted by Gasteiger charge is 2.43. The number of amides is 1. The molecule has 0 fully saturated rings. The number of nitrogens with zero attached hydrogens (tertiary/aromatic N) is 3. The third-order valence-corrected chi connectivity index (χ3v) is 4.17. The first-order chi connectivity index (χ1) is 10.4. The molecule has 0 aliphatic carbocycles. The number of anilines is 1. The van der Waals surface area contributed by atoms with Crippen LogP contribution in [-0.4, -0.2) is 22.4 Å². The van der Waals surface area contributed by atoms with E-state index in [1.807, 2.05) is 51.4 Å². The molecule has 1 aliphatic heterocycles. The molecule has 0 bridgehead atoms. The topological polar surface area (TPSA) is 46.1 Å². The third kappa shape index (κ3) is 2.11. The predicted octanol–water partition coefficient (Wildman–Crippen LogP) is 3.26. The predicted molar refractivity (Wildman–Crippen MR) is 87.8 cm³/mol. The summed E-state index contributed by atoms with van der Waals surface area (Å²) in [5, 5.41) is 0. The lowest BCUT2D eigenvalue weighted by molar-refractivity contribution is -0.121. The maximum Gasteiger partial charge on any atom is 0.237 e. The first-order valence-corrected chi connectivity index (χ1v) is 7.31. The molecule has 112 valence electrons. The van der Waals surface area contributed by atoms with Gasteiger partial charge in [0.25, 0.3) is 0 Å². The molecular formula is C18H19N3O. The Bertz CT molecular complexity index is 747. The van der Waals surface area contributed by atoms with Crippen LogP contribution in [0.15, 0.2) is 43.2 Å². The van der Waals surface area contributed by atoms with Crippen molar-refractivity contribution in [3.8, 4) is 11.1 Å². The van der Waals surface area contributed by atoms with Crippen molar-refractivity contribution in [2.45, 2.75) is 26.2 Å². The first kappa shape index (κ1) is 14.4. The van der Waals surface area contributed by atoms with Crippen molar-refractivity contribution in [3.63, 3.8) is 0 Å². The number of aryl methyl sites for hydroxylation is 1. The summed E-state index contributed by atoms with van der Waals surface area (Å²) in [5.74, 6) is 0.856. The number of fused-ring (bicyclic) bond motifs is 1. The molecule has 2 aromatic rings. The quantitative estimate of drug-likeness (QED) is 0.816. The summed E-state index contributed by atoms with van der Waals surface area (Å²) >= 11 is 0. The zero-order chi connectivity index (χ0) is 15.9. The van der Waals surface area contributed by atoms with Gasteiger partial charge in [0, 0.05) is 30.2 Å². The van der Waals surface area contributed by atoms with Gasteiger partial charge in [0.15, 0.2) is 0 Å². The lowest BCUT2D eigenvalue weighted by Crippen LogP contribution is -2.36. The van der Waals surface area contributed by atoms with Crippen LogP contribution in [0.5, 0.6) is 0 Å². The summed E-state index contributed by atoms with van der Waals surface area (Å²) in [6.45, 7) is 10.1. The lowest BCUT2D eigenvalue weighted by atomic mass is 9.85. The Hall–Kier alpha value is -2.49. The van der Waals surface area contributed by atoms with E-state index in [9.17, 15) is 4.79 Å². The van der Waals surface area contributed by atoms with E-state index in [-0.39, 0.29) is 5.91 Å². The summed E-state index contributed by atoms with van der Waals surface area (Å²) < 4.78 is 0. The summed E-state index contributed by atoms with van der Waals surface area (Å²) in [6.07, 6.45) is 5.37. The highest BCUT2D eigenvalue weighted by molar-refractivity contribution is 6.08. The summed E-state index contributed by atoms with van der Waals surface area (Å²) in [4.78, 5) is 22.9. The SMILES string of the molecule is C=CCN1C(=O)C(C)(C)c2ccc(-c3cnc(C)nc3)cc21. The first-order valence-electron chi connectivity index (χ1n) is 7.31. The molecule has 0 saturated heterocycles. The molecule has 0 atom stereocenters. The van der Waals surface area contributed by atoms with Crippen LogP contribution >= 0.6 is 0 Å². The zero-order valence-corrected chi connectivity index (χ0v) is 13.1. The molecule has 0 saturated carbocycles. The van der Waals surface area contributed by atoms with Gasteiger partial charge in [-0.2, -0.15) is 0 Å². The number of hydrogen-bond donors (Lipinski definition) is 0. The molecule has 0 N–H and O–H groups in total. The molecule has 1 amide bonds. The second-order valence-electron chi connectivity index (χ2n) is 6.08. The number of carbonyl (C=O) groups is 1. The normalized spacial score (nSPS) is 15.8. The van der Waals surface area contributed by atoms with Crippen LogP contribution in [0.25, 0.3) is 11.1 Å². The van der Waals surface area contributed by atoms with Crippen LogP contribution in [-0.2, 0) is 10.2 Å². The van der Waals surface area contributed by atoms with Gasteiger partial charge >= 0.3 is 0 Å². The van der Waals surface area contributed by atoms with Gasteiger partial charge in [0.2, 0.25) is 5.91 Å². The molecule has 3 rings (SSSR count). The highest BCUT2D eigenvalue weighted by atomic mass is 16.2. The summed E-state index contributed by atoms with van der Waals surface area (Å²) in [6, 6.07) is 6.10. The Labute approximate surface area is 130 Å². The van der Waals surface area contributed by atoms with Crippen LogP contribution < -0.4 is 4.90 Å². The van der Waals surface area contributed by atoms with Gasteiger partial charge in [-0.1, -0.05) is 18.2 Å². The van der Waals surface area contributed by atoms with Gasteiger partial charge in [0.1, 0.15) is 5.82 Å². The number of rotatable bonds is 3. The van der Waals surface area contributed by atoms with E-state index in [1.54, 1.807) is 11.0 Å². The number of aromatic nitrogens is 2. The van der Waals surface area contributed by atoms with Gasteiger partial charge in [-0.05, 0) is 38.0 Å². The van der Waals surface area contributed by atoms with E-state index < -0.39 is 5.41 Å². The molecule has 4 heteroatoms. The fourth-order valence-electron chi connectivity index (χ4n) is 2.88. The van der Waals surface area contributed by atoms with Crippen LogP contribution in [0.2, 0.25) is 0 Å². The molecule has 1 aliphatic rings. The van der Waals surface area contributed by atoms with Crippen LogP contribution in [0, 0.1) is 6.92 Å². The fraction of sp³-hybridized carbons (Fsp3) is 0.278. The van der Waals surface area contributed by atoms with E-state index in [1.165, 1.54) is 0 Å². The molecule has 0 spiro atoms. The molecule has 0 unspecified atom stereocenters. The number of carbonyl (C=O) groups excluding carboxylic acids is 1. The van der Waals surface area contributed by atoms with E-state index in [0.717, 1.165) is 28.2 Å². The van der Waals surface area contributed by atoms with Gasteiger partial charge < -0.3 is 4.90 Å². The molecule has 2 heterocycles. The minimum atomic E-state index is -0.499. The Morgan fingerprint density at radius 2 is 1.91 bits per heavy atom.